The number of hydrogen-bond donors (Lipinski definition) is 0. The van der Waals surface area contributed by atoms with Crippen LogP contribution in [-0.2, 0) is 4.74 Å². The van der Waals surface area contributed by atoms with Gasteiger partial charge in [0.05, 0.1) is 5.56 Å². The topological polar surface area (TPSA) is 43.4 Å². The zero-order valence-corrected chi connectivity index (χ0v) is 13.0. The lowest BCUT2D eigenvalue weighted by Gasteiger charge is -2.36. The maximum atomic E-state index is 12.3. The summed E-state index contributed by atoms with van der Waals surface area (Å²) in [4.78, 5) is 22.9. The molecular formula is C18H24O3. The molecular weight excluding hydrogens is 264 g/mol. The number of carbonyl (C=O) groups excluding carboxylic acids is 2. The molecule has 114 valence electrons. The number of ether oxygens (including phenoxy) is 1. The van der Waals surface area contributed by atoms with Crippen molar-refractivity contribution >= 4 is 12.3 Å². The average molecular weight is 288 g/mol. The van der Waals surface area contributed by atoms with Crippen molar-refractivity contribution in [2.45, 2.75) is 46.1 Å². The Morgan fingerprint density at radius 1 is 1.24 bits per heavy atom. The highest BCUT2D eigenvalue weighted by atomic mass is 16.5. The van der Waals surface area contributed by atoms with Crippen LogP contribution in [0, 0.1) is 17.8 Å². The quantitative estimate of drug-likeness (QED) is 0.618. The number of carbonyl (C=O) groups is 2. The van der Waals surface area contributed by atoms with Gasteiger partial charge in [0.25, 0.3) is 0 Å². The van der Waals surface area contributed by atoms with Gasteiger partial charge >= 0.3 is 5.97 Å². The molecule has 0 amide bonds. The molecule has 0 N–H and O–H groups in total. The summed E-state index contributed by atoms with van der Waals surface area (Å²) in [6, 6.07) is 6.60. The predicted octanol–water partition coefficient (Wildman–Crippen LogP) is 4.12. The fraction of sp³-hybridized carbons (Fsp3) is 0.556. The molecule has 1 aromatic rings. The van der Waals surface area contributed by atoms with Crippen LogP contribution in [0.1, 0.15) is 60.7 Å². The third-order valence-corrected chi connectivity index (χ3v) is 4.50. The third-order valence-electron chi connectivity index (χ3n) is 4.50. The SMILES string of the molecule is CC(C)[C@@H]1CC[C@@H](C)C[C@@H]1OC(=O)c1ccc(C=O)cc1. The standard InChI is InChI=1S/C18H24O3/c1-12(2)16-9-4-13(3)10-17(16)21-18(20)15-7-5-14(11-19)6-8-15/h5-8,11-13,16-17H,4,9-10H2,1-3H3/t13-,16+,17+/m1/s1. The lowest BCUT2D eigenvalue weighted by Crippen LogP contribution is -2.35. The predicted molar refractivity (Wildman–Crippen MR) is 82.4 cm³/mol. The minimum atomic E-state index is -0.280. The molecule has 0 aliphatic heterocycles. The van der Waals surface area contributed by atoms with Crippen LogP contribution in [0.25, 0.3) is 0 Å². The second kappa shape index (κ2) is 6.88. The third kappa shape index (κ3) is 3.93. The van der Waals surface area contributed by atoms with Crippen LogP contribution in [0.3, 0.4) is 0 Å². The first-order valence-corrected chi connectivity index (χ1v) is 7.77. The summed E-state index contributed by atoms with van der Waals surface area (Å²) in [6.07, 6.45) is 4.06. The lowest BCUT2D eigenvalue weighted by atomic mass is 9.75. The average Bonchev–Trinajstić information content (AvgIpc) is 2.47. The minimum Gasteiger partial charge on any atom is -0.458 e. The van der Waals surface area contributed by atoms with Gasteiger partial charge in [0.15, 0.2) is 0 Å². The smallest absolute Gasteiger partial charge is 0.338 e. The van der Waals surface area contributed by atoms with Gasteiger partial charge in [0.2, 0.25) is 0 Å². The van der Waals surface area contributed by atoms with Crippen molar-refractivity contribution in [3.63, 3.8) is 0 Å². The van der Waals surface area contributed by atoms with Crippen molar-refractivity contribution in [2.75, 3.05) is 0 Å². The number of aldehydes is 1. The van der Waals surface area contributed by atoms with E-state index in [-0.39, 0.29) is 12.1 Å². The first-order valence-electron chi connectivity index (χ1n) is 7.77. The first kappa shape index (κ1) is 15.7. The van der Waals surface area contributed by atoms with Crippen LogP contribution in [0.5, 0.6) is 0 Å². The van der Waals surface area contributed by atoms with E-state index in [1.54, 1.807) is 24.3 Å². The molecule has 3 heteroatoms. The molecule has 0 bridgehead atoms. The van der Waals surface area contributed by atoms with Gasteiger partial charge in [-0.2, -0.15) is 0 Å². The van der Waals surface area contributed by atoms with Gasteiger partial charge in [-0.05, 0) is 42.7 Å². The van der Waals surface area contributed by atoms with E-state index in [0.717, 1.165) is 19.1 Å². The Bertz CT molecular complexity index is 490. The highest BCUT2D eigenvalue weighted by Crippen LogP contribution is 2.35. The number of rotatable bonds is 4. The normalized spacial score (nSPS) is 25.6. The van der Waals surface area contributed by atoms with Crippen molar-refractivity contribution < 1.29 is 14.3 Å². The van der Waals surface area contributed by atoms with E-state index in [4.69, 9.17) is 4.74 Å². The minimum absolute atomic E-state index is 0.00648. The molecule has 1 aliphatic carbocycles. The van der Waals surface area contributed by atoms with Crippen molar-refractivity contribution in [2.24, 2.45) is 17.8 Å². The van der Waals surface area contributed by atoms with Crippen molar-refractivity contribution in [1.82, 2.24) is 0 Å². The first-order chi connectivity index (χ1) is 10.0. The molecule has 21 heavy (non-hydrogen) atoms. The van der Waals surface area contributed by atoms with Gasteiger partial charge in [0.1, 0.15) is 12.4 Å². The van der Waals surface area contributed by atoms with Crippen LogP contribution in [0.4, 0.5) is 0 Å². The summed E-state index contributed by atoms with van der Waals surface area (Å²) in [5.74, 6) is 1.29. The zero-order valence-electron chi connectivity index (χ0n) is 13.0. The molecule has 2 rings (SSSR count). The van der Waals surface area contributed by atoms with E-state index in [2.05, 4.69) is 20.8 Å². The summed E-state index contributed by atoms with van der Waals surface area (Å²) < 4.78 is 5.77. The molecule has 1 aliphatic rings. The van der Waals surface area contributed by atoms with Gasteiger partial charge in [-0.3, -0.25) is 4.79 Å². The number of esters is 1. The Hall–Kier alpha value is -1.64. The Kier molecular flexibility index (Phi) is 5.16. The summed E-state index contributed by atoms with van der Waals surface area (Å²) in [7, 11) is 0. The molecule has 3 atom stereocenters. The molecule has 0 heterocycles. The second-order valence-corrected chi connectivity index (χ2v) is 6.51. The summed E-state index contributed by atoms with van der Waals surface area (Å²) in [5.41, 5.74) is 1.08. The van der Waals surface area contributed by atoms with Crippen LogP contribution >= 0.6 is 0 Å². The molecule has 0 saturated heterocycles. The highest BCUT2D eigenvalue weighted by Gasteiger charge is 2.33. The van der Waals surface area contributed by atoms with Gasteiger partial charge in [-0.25, -0.2) is 4.79 Å². The zero-order chi connectivity index (χ0) is 15.4. The summed E-state index contributed by atoms with van der Waals surface area (Å²) in [6.45, 7) is 6.61. The van der Waals surface area contributed by atoms with Gasteiger partial charge in [-0.15, -0.1) is 0 Å². The van der Waals surface area contributed by atoms with E-state index in [1.807, 2.05) is 0 Å². The maximum absolute atomic E-state index is 12.3. The van der Waals surface area contributed by atoms with Crippen molar-refractivity contribution in [1.29, 1.82) is 0 Å². The maximum Gasteiger partial charge on any atom is 0.338 e. The van der Waals surface area contributed by atoms with E-state index >= 15 is 0 Å². The van der Waals surface area contributed by atoms with Crippen molar-refractivity contribution in [3.8, 4) is 0 Å². The number of hydrogen-bond acceptors (Lipinski definition) is 3. The Labute approximate surface area is 126 Å². The van der Waals surface area contributed by atoms with Crippen LogP contribution in [-0.4, -0.2) is 18.4 Å². The van der Waals surface area contributed by atoms with Crippen molar-refractivity contribution in [3.05, 3.63) is 35.4 Å². The number of benzene rings is 1. The van der Waals surface area contributed by atoms with Crippen LogP contribution in [0.2, 0.25) is 0 Å². The van der Waals surface area contributed by atoms with E-state index in [9.17, 15) is 9.59 Å². The molecule has 1 saturated carbocycles. The Morgan fingerprint density at radius 2 is 1.90 bits per heavy atom. The monoisotopic (exact) mass is 288 g/mol. The van der Waals surface area contributed by atoms with E-state index in [0.29, 0.717) is 28.9 Å². The van der Waals surface area contributed by atoms with E-state index in [1.165, 1.54) is 6.42 Å². The molecule has 0 spiro atoms. The second-order valence-electron chi connectivity index (χ2n) is 6.51. The van der Waals surface area contributed by atoms with Gasteiger partial charge in [-0.1, -0.05) is 39.3 Å². The van der Waals surface area contributed by atoms with Crippen LogP contribution < -0.4 is 0 Å². The summed E-state index contributed by atoms with van der Waals surface area (Å²) >= 11 is 0. The molecule has 1 aromatic carbocycles. The molecule has 0 unspecified atom stereocenters. The molecule has 0 radical (unpaired) electrons. The van der Waals surface area contributed by atoms with Gasteiger partial charge < -0.3 is 4.74 Å². The summed E-state index contributed by atoms with van der Waals surface area (Å²) in [5, 5.41) is 0. The Morgan fingerprint density at radius 3 is 2.48 bits per heavy atom. The largest absolute Gasteiger partial charge is 0.458 e. The fourth-order valence-electron chi connectivity index (χ4n) is 3.15. The molecule has 1 fully saturated rings. The van der Waals surface area contributed by atoms with Crippen LogP contribution in [0.15, 0.2) is 24.3 Å². The highest BCUT2D eigenvalue weighted by molar-refractivity contribution is 5.90. The lowest BCUT2D eigenvalue weighted by molar-refractivity contribution is -0.0174. The van der Waals surface area contributed by atoms with Gasteiger partial charge in [0, 0.05) is 5.56 Å². The van der Waals surface area contributed by atoms with E-state index < -0.39 is 0 Å². The molecule has 0 aromatic heterocycles. The molecule has 3 nitrogen and oxygen atoms in total. The Balaban J connectivity index is 2.06. The fourth-order valence-corrected chi connectivity index (χ4v) is 3.15.